The van der Waals surface area contributed by atoms with E-state index in [9.17, 15) is 14.0 Å². The zero-order chi connectivity index (χ0) is 18.9. The number of rotatable bonds is 8. The number of ether oxygens (including phenoxy) is 1. The lowest BCUT2D eigenvalue weighted by Gasteiger charge is -2.09. The molecule has 138 valence electrons. The van der Waals surface area contributed by atoms with E-state index in [1.807, 2.05) is 0 Å². The van der Waals surface area contributed by atoms with Crippen molar-refractivity contribution >= 4 is 35.0 Å². The molecule has 0 saturated heterocycles. The number of benzene rings is 2. The summed E-state index contributed by atoms with van der Waals surface area (Å²) in [6.07, 6.45) is 0.145. The van der Waals surface area contributed by atoms with Crippen LogP contribution in [0.1, 0.15) is 5.56 Å². The highest BCUT2D eigenvalue weighted by Crippen LogP contribution is 2.27. The number of nitrogens with one attached hydrogen (secondary N) is 2. The largest absolute Gasteiger partial charge is 0.482 e. The van der Waals surface area contributed by atoms with Crippen LogP contribution in [-0.4, -0.2) is 31.5 Å². The first-order valence-electron chi connectivity index (χ1n) is 7.80. The summed E-state index contributed by atoms with van der Waals surface area (Å²) >= 11 is 11.7. The third-order valence-corrected chi connectivity index (χ3v) is 3.83. The first-order valence-corrected chi connectivity index (χ1v) is 8.55. The number of amides is 2. The van der Waals surface area contributed by atoms with Crippen molar-refractivity contribution in [2.45, 2.75) is 6.42 Å². The number of hydrogen-bond donors (Lipinski definition) is 2. The van der Waals surface area contributed by atoms with E-state index in [2.05, 4.69) is 10.6 Å². The summed E-state index contributed by atoms with van der Waals surface area (Å²) in [5, 5.41) is 6.07. The molecule has 26 heavy (non-hydrogen) atoms. The zero-order valence-electron chi connectivity index (χ0n) is 13.7. The molecule has 2 rings (SSSR count). The minimum Gasteiger partial charge on any atom is -0.482 e. The molecule has 0 atom stereocenters. The highest BCUT2D eigenvalue weighted by molar-refractivity contribution is 6.35. The summed E-state index contributed by atoms with van der Waals surface area (Å²) in [5.41, 5.74) is 0.709. The van der Waals surface area contributed by atoms with Crippen molar-refractivity contribution < 1.29 is 18.7 Å². The third kappa shape index (κ3) is 6.90. The summed E-state index contributed by atoms with van der Waals surface area (Å²) in [4.78, 5) is 23.5. The van der Waals surface area contributed by atoms with Gasteiger partial charge in [0.1, 0.15) is 11.6 Å². The molecule has 2 N–H and O–H groups in total. The van der Waals surface area contributed by atoms with Crippen LogP contribution in [0, 0.1) is 5.82 Å². The topological polar surface area (TPSA) is 67.4 Å². The van der Waals surface area contributed by atoms with Crippen LogP contribution >= 0.6 is 23.2 Å². The van der Waals surface area contributed by atoms with Crippen molar-refractivity contribution in [3.8, 4) is 5.75 Å². The van der Waals surface area contributed by atoms with Crippen LogP contribution < -0.4 is 15.4 Å². The lowest BCUT2D eigenvalue weighted by molar-refractivity contribution is -0.124. The van der Waals surface area contributed by atoms with E-state index in [0.717, 1.165) is 0 Å². The fourth-order valence-corrected chi connectivity index (χ4v) is 2.50. The molecule has 0 radical (unpaired) electrons. The molecule has 2 aromatic carbocycles. The Balaban J connectivity index is 1.62. The molecule has 8 heteroatoms. The van der Waals surface area contributed by atoms with Gasteiger partial charge in [-0.3, -0.25) is 9.59 Å². The standard InChI is InChI=1S/C18H17Cl2FN2O3/c19-13-3-6-16(15(20)10-13)26-11-18(25)23-8-7-22-17(24)9-12-1-4-14(21)5-2-12/h1-6,10H,7-9,11H2,(H,22,24)(H,23,25). The van der Waals surface area contributed by atoms with Gasteiger partial charge in [-0.1, -0.05) is 35.3 Å². The third-order valence-electron chi connectivity index (χ3n) is 3.30. The van der Waals surface area contributed by atoms with Crippen LogP contribution in [0.15, 0.2) is 42.5 Å². The summed E-state index contributed by atoms with van der Waals surface area (Å²) in [6.45, 7) is 0.323. The Bertz CT molecular complexity index is 770. The Morgan fingerprint density at radius 3 is 2.27 bits per heavy atom. The van der Waals surface area contributed by atoms with Gasteiger partial charge in [-0.25, -0.2) is 4.39 Å². The van der Waals surface area contributed by atoms with Crippen molar-refractivity contribution in [3.63, 3.8) is 0 Å². The molecule has 2 amide bonds. The second kappa shape index (κ2) is 9.99. The fraction of sp³-hybridized carbons (Fsp3) is 0.222. The number of halogens is 3. The Labute approximate surface area is 160 Å². The maximum absolute atomic E-state index is 12.8. The Kier molecular flexibility index (Phi) is 7.69. The lowest BCUT2D eigenvalue weighted by atomic mass is 10.1. The van der Waals surface area contributed by atoms with Crippen molar-refractivity contribution in [1.82, 2.24) is 10.6 Å². The number of carbonyl (C=O) groups is 2. The maximum Gasteiger partial charge on any atom is 0.258 e. The van der Waals surface area contributed by atoms with Gasteiger partial charge in [-0.2, -0.15) is 0 Å². The van der Waals surface area contributed by atoms with Gasteiger partial charge in [0.25, 0.3) is 5.91 Å². The second-order valence-corrected chi connectivity index (χ2v) is 6.21. The molecule has 0 aliphatic heterocycles. The Hall–Kier alpha value is -2.31. The molecule has 0 aliphatic carbocycles. The van der Waals surface area contributed by atoms with E-state index in [1.54, 1.807) is 24.3 Å². The zero-order valence-corrected chi connectivity index (χ0v) is 15.2. The van der Waals surface area contributed by atoms with Gasteiger partial charge in [0.2, 0.25) is 5.91 Å². The molecular weight excluding hydrogens is 382 g/mol. The fourth-order valence-electron chi connectivity index (χ4n) is 2.04. The van der Waals surface area contributed by atoms with E-state index in [0.29, 0.717) is 21.4 Å². The molecule has 0 fully saturated rings. The van der Waals surface area contributed by atoms with E-state index in [1.165, 1.54) is 18.2 Å². The Morgan fingerprint density at radius 1 is 0.962 bits per heavy atom. The van der Waals surface area contributed by atoms with Gasteiger partial charge < -0.3 is 15.4 Å². The smallest absolute Gasteiger partial charge is 0.258 e. The van der Waals surface area contributed by atoms with Gasteiger partial charge in [0.15, 0.2) is 6.61 Å². The summed E-state index contributed by atoms with van der Waals surface area (Å²) in [7, 11) is 0. The summed E-state index contributed by atoms with van der Waals surface area (Å²) < 4.78 is 18.1. The van der Waals surface area contributed by atoms with Crippen molar-refractivity contribution in [1.29, 1.82) is 0 Å². The predicted octanol–water partition coefficient (Wildman–Crippen LogP) is 2.99. The minimum absolute atomic E-state index is 0.145. The predicted molar refractivity (Wildman–Crippen MR) is 98.1 cm³/mol. The quantitative estimate of drug-likeness (QED) is 0.671. The maximum atomic E-state index is 12.8. The van der Waals surface area contributed by atoms with E-state index >= 15 is 0 Å². The molecule has 0 bridgehead atoms. The normalized spacial score (nSPS) is 10.3. The molecule has 5 nitrogen and oxygen atoms in total. The van der Waals surface area contributed by atoms with Crippen LogP contribution in [0.5, 0.6) is 5.75 Å². The molecule has 0 unspecified atom stereocenters. The van der Waals surface area contributed by atoms with Crippen LogP contribution in [0.3, 0.4) is 0 Å². The average Bonchev–Trinajstić information content (AvgIpc) is 2.60. The van der Waals surface area contributed by atoms with Gasteiger partial charge >= 0.3 is 0 Å². The molecule has 0 saturated carbocycles. The molecule has 0 aliphatic rings. The van der Waals surface area contributed by atoms with E-state index in [4.69, 9.17) is 27.9 Å². The number of hydrogen-bond acceptors (Lipinski definition) is 3. The SMILES string of the molecule is O=C(COc1ccc(Cl)cc1Cl)NCCNC(=O)Cc1ccc(F)cc1. The second-order valence-electron chi connectivity index (χ2n) is 5.37. The molecule has 0 aromatic heterocycles. The van der Waals surface area contributed by atoms with Crippen LogP contribution in [0.4, 0.5) is 4.39 Å². The monoisotopic (exact) mass is 398 g/mol. The van der Waals surface area contributed by atoms with Crippen LogP contribution in [-0.2, 0) is 16.0 Å². The van der Waals surface area contributed by atoms with Crippen LogP contribution in [0.25, 0.3) is 0 Å². The van der Waals surface area contributed by atoms with E-state index in [-0.39, 0.29) is 43.7 Å². The number of carbonyl (C=O) groups excluding carboxylic acids is 2. The summed E-state index contributed by atoms with van der Waals surface area (Å²) in [6, 6.07) is 10.4. The molecule has 2 aromatic rings. The van der Waals surface area contributed by atoms with Gasteiger partial charge in [-0.15, -0.1) is 0 Å². The molecular formula is C18H17Cl2FN2O3. The van der Waals surface area contributed by atoms with Crippen molar-refractivity contribution in [2.24, 2.45) is 0 Å². The molecule has 0 spiro atoms. The van der Waals surface area contributed by atoms with Gasteiger partial charge in [-0.05, 0) is 35.9 Å². The Morgan fingerprint density at radius 2 is 1.62 bits per heavy atom. The van der Waals surface area contributed by atoms with E-state index < -0.39 is 0 Å². The molecule has 0 heterocycles. The van der Waals surface area contributed by atoms with Crippen molar-refractivity contribution in [2.75, 3.05) is 19.7 Å². The van der Waals surface area contributed by atoms with Crippen LogP contribution in [0.2, 0.25) is 10.0 Å². The first kappa shape index (κ1) is 20.0. The highest BCUT2D eigenvalue weighted by Gasteiger charge is 2.07. The highest BCUT2D eigenvalue weighted by atomic mass is 35.5. The first-order chi connectivity index (χ1) is 12.4. The summed E-state index contributed by atoms with van der Waals surface area (Å²) in [5.74, 6) is -0.545. The van der Waals surface area contributed by atoms with Gasteiger partial charge in [0.05, 0.1) is 11.4 Å². The van der Waals surface area contributed by atoms with Gasteiger partial charge in [0, 0.05) is 18.1 Å². The average molecular weight is 399 g/mol. The lowest BCUT2D eigenvalue weighted by Crippen LogP contribution is -2.37. The minimum atomic E-state index is -0.348. The van der Waals surface area contributed by atoms with Crippen molar-refractivity contribution in [3.05, 3.63) is 63.9 Å².